The molecule has 0 saturated heterocycles. The molecule has 0 unspecified atom stereocenters. The van der Waals surface area contributed by atoms with Gasteiger partial charge in [-0.15, -0.1) is 0 Å². The SMILES string of the molecule is COc1ncc([N+](=O)[O-])c(Cl)c1Cl. The van der Waals surface area contributed by atoms with Crippen molar-refractivity contribution in [2.45, 2.75) is 0 Å². The van der Waals surface area contributed by atoms with Gasteiger partial charge < -0.3 is 4.74 Å². The second-order valence-corrected chi connectivity index (χ2v) is 2.79. The van der Waals surface area contributed by atoms with Crippen LogP contribution in [0.4, 0.5) is 5.69 Å². The number of nitrogens with zero attached hydrogens (tertiary/aromatic N) is 2. The smallest absolute Gasteiger partial charge is 0.307 e. The molecule has 0 spiro atoms. The molecule has 0 amide bonds. The maximum atomic E-state index is 10.4. The average Bonchev–Trinajstić information content (AvgIpc) is 2.09. The monoisotopic (exact) mass is 222 g/mol. The fourth-order valence-corrected chi connectivity index (χ4v) is 1.13. The van der Waals surface area contributed by atoms with E-state index in [1.54, 1.807) is 0 Å². The van der Waals surface area contributed by atoms with Gasteiger partial charge in [-0.05, 0) is 0 Å². The first-order chi connectivity index (χ1) is 6.07. The standard InChI is InChI=1S/C6H4Cl2N2O3/c1-13-6-5(8)4(7)3(2-9-6)10(11)12/h2H,1H3. The Labute approximate surface area is 83.4 Å². The molecule has 1 aromatic rings. The number of hydrogen-bond acceptors (Lipinski definition) is 4. The summed E-state index contributed by atoms with van der Waals surface area (Å²) in [5, 5.41) is 10.1. The van der Waals surface area contributed by atoms with E-state index in [1.165, 1.54) is 7.11 Å². The van der Waals surface area contributed by atoms with Crippen LogP contribution in [0.15, 0.2) is 6.20 Å². The fraction of sp³-hybridized carbons (Fsp3) is 0.167. The normalized spacial score (nSPS) is 9.77. The van der Waals surface area contributed by atoms with Gasteiger partial charge in [0.2, 0.25) is 5.88 Å². The molecule has 0 aromatic carbocycles. The predicted octanol–water partition coefficient (Wildman–Crippen LogP) is 2.31. The largest absolute Gasteiger partial charge is 0.480 e. The number of methoxy groups -OCH3 is 1. The molecule has 0 fully saturated rings. The Hall–Kier alpha value is -1.07. The van der Waals surface area contributed by atoms with Gasteiger partial charge in [0.1, 0.15) is 16.2 Å². The van der Waals surface area contributed by atoms with Gasteiger partial charge in [0, 0.05) is 0 Å². The first-order valence-corrected chi connectivity index (χ1v) is 3.86. The number of aromatic nitrogens is 1. The Morgan fingerprint density at radius 1 is 1.54 bits per heavy atom. The minimum absolute atomic E-state index is 0.0571. The maximum Gasteiger partial charge on any atom is 0.307 e. The van der Waals surface area contributed by atoms with Crippen molar-refractivity contribution in [2.75, 3.05) is 7.11 Å². The number of nitro groups is 1. The van der Waals surface area contributed by atoms with Crippen molar-refractivity contribution in [1.29, 1.82) is 0 Å². The second kappa shape index (κ2) is 3.76. The van der Waals surface area contributed by atoms with E-state index in [1.807, 2.05) is 0 Å². The molecule has 0 N–H and O–H groups in total. The average molecular weight is 223 g/mol. The van der Waals surface area contributed by atoms with Gasteiger partial charge in [-0.2, -0.15) is 0 Å². The summed E-state index contributed by atoms with van der Waals surface area (Å²) in [6.45, 7) is 0. The van der Waals surface area contributed by atoms with E-state index in [2.05, 4.69) is 4.98 Å². The van der Waals surface area contributed by atoms with Crippen molar-refractivity contribution in [3.63, 3.8) is 0 Å². The zero-order chi connectivity index (χ0) is 10.0. The third-order valence-corrected chi connectivity index (χ3v) is 2.13. The summed E-state index contributed by atoms with van der Waals surface area (Å²) in [7, 11) is 1.34. The van der Waals surface area contributed by atoms with Gasteiger partial charge in [0.25, 0.3) is 0 Å². The molecule has 0 saturated carbocycles. The van der Waals surface area contributed by atoms with Crippen LogP contribution in [0.5, 0.6) is 5.88 Å². The molecule has 0 bridgehead atoms. The van der Waals surface area contributed by atoms with Gasteiger partial charge in [0.15, 0.2) is 0 Å². The summed E-state index contributed by atoms with van der Waals surface area (Å²) in [4.78, 5) is 13.3. The number of pyridine rings is 1. The third kappa shape index (κ3) is 1.81. The number of rotatable bonds is 2. The van der Waals surface area contributed by atoms with Crippen molar-refractivity contribution in [3.8, 4) is 5.88 Å². The molecule has 0 radical (unpaired) electrons. The van der Waals surface area contributed by atoms with Crippen LogP contribution in [0.2, 0.25) is 10.0 Å². The highest BCUT2D eigenvalue weighted by molar-refractivity contribution is 6.44. The summed E-state index contributed by atoms with van der Waals surface area (Å²) >= 11 is 11.2. The van der Waals surface area contributed by atoms with E-state index in [0.717, 1.165) is 6.20 Å². The second-order valence-electron chi connectivity index (χ2n) is 2.04. The maximum absolute atomic E-state index is 10.4. The molecule has 1 aromatic heterocycles. The molecule has 13 heavy (non-hydrogen) atoms. The van der Waals surface area contributed by atoms with Gasteiger partial charge >= 0.3 is 5.69 Å². The summed E-state index contributed by atoms with van der Waals surface area (Å²) in [6, 6.07) is 0. The summed E-state index contributed by atoms with van der Waals surface area (Å²) in [6.07, 6.45) is 0.993. The van der Waals surface area contributed by atoms with Crippen LogP contribution >= 0.6 is 23.2 Å². The van der Waals surface area contributed by atoms with Gasteiger partial charge in [-0.25, -0.2) is 4.98 Å². The lowest BCUT2D eigenvalue weighted by Gasteiger charge is -2.02. The molecule has 0 aliphatic heterocycles. The van der Waals surface area contributed by atoms with Gasteiger partial charge in [-0.3, -0.25) is 10.1 Å². The minimum Gasteiger partial charge on any atom is -0.480 e. The number of ether oxygens (including phenoxy) is 1. The van der Waals surface area contributed by atoms with Crippen molar-refractivity contribution in [2.24, 2.45) is 0 Å². The highest BCUT2D eigenvalue weighted by Gasteiger charge is 2.19. The Kier molecular flexibility index (Phi) is 2.90. The van der Waals surface area contributed by atoms with Crippen LogP contribution < -0.4 is 4.74 Å². The molecule has 0 atom stereocenters. The van der Waals surface area contributed by atoms with Gasteiger partial charge in [-0.1, -0.05) is 23.2 Å². The first-order valence-electron chi connectivity index (χ1n) is 3.10. The molecular formula is C6H4Cl2N2O3. The topological polar surface area (TPSA) is 65.3 Å². The highest BCUT2D eigenvalue weighted by Crippen LogP contribution is 2.36. The summed E-state index contributed by atoms with van der Waals surface area (Å²) in [5.41, 5.74) is -0.340. The quantitative estimate of drug-likeness (QED) is 0.569. The molecular weight excluding hydrogens is 219 g/mol. The highest BCUT2D eigenvalue weighted by atomic mass is 35.5. The van der Waals surface area contributed by atoms with Crippen molar-refractivity contribution in [3.05, 3.63) is 26.4 Å². The van der Waals surface area contributed by atoms with Crippen LogP contribution in [0, 0.1) is 10.1 Å². The van der Waals surface area contributed by atoms with Crippen LogP contribution in [0.3, 0.4) is 0 Å². The number of halogens is 2. The van der Waals surface area contributed by atoms with Gasteiger partial charge in [0.05, 0.1) is 12.0 Å². The van der Waals surface area contributed by atoms with Crippen molar-refractivity contribution in [1.82, 2.24) is 4.98 Å². The molecule has 0 aliphatic rings. The van der Waals surface area contributed by atoms with Crippen LogP contribution in [-0.2, 0) is 0 Å². The zero-order valence-corrected chi connectivity index (χ0v) is 7.96. The Morgan fingerprint density at radius 2 is 2.15 bits per heavy atom. The van der Waals surface area contributed by atoms with E-state index in [-0.39, 0.29) is 21.6 Å². The van der Waals surface area contributed by atoms with E-state index >= 15 is 0 Å². The van der Waals surface area contributed by atoms with Crippen LogP contribution in [0.25, 0.3) is 0 Å². The zero-order valence-electron chi connectivity index (χ0n) is 6.45. The first kappa shape index (κ1) is 10.0. The number of hydrogen-bond donors (Lipinski definition) is 0. The van der Waals surface area contributed by atoms with Crippen molar-refractivity contribution >= 4 is 28.9 Å². The third-order valence-electron chi connectivity index (χ3n) is 1.30. The molecule has 1 rings (SSSR count). The molecule has 1 heterocycles. The lowest BCUT2D eigenvalue weighted by Crippen LogP contribution is -1.94. The van der Waals surface area contributed by atoms with E-state index < -0.39 is 4.92 Å². The molecule has 0 aliphatic carbocycles. The Balaban J connectivity index is 3.31. The van der Waals surface area contributed by atoms with Crippen molar-refractivity contribution < 1.29 is 9.66 Å². The summed E-state index contributed by atoms with van der Waals surface area (Å²) < 4.78 is 4.71. The van der Waals surface area contributed by atoms with E-state index in [0.29, 0.717) is 0 Å². The van der Waals surface area contributed by atoms with Crippen LogP contribution in [0.1, 0.15) is 0 Å². The molecule has 70 valence electrons. The Bertz CT molecular complexity index is 356. The molecule has 5 nitrogen and oxygen atoms in total. The van der Waals surface area contributed by atoms with E-state index in [4.69, 9.17) is 27.9 Å². The Morgan fingerprint density at radius 3 is 2.62 bits per heavy atom. The van der Waals surface area contributed by atoms with Crippen LogP contribution in [-0.4, -0.2) is 17.0 Å². The lowest BCUT2D eigenvalue weighted by atomic mass is 10.4. The lowest BCUT2D eigenvalue weighted by molar-refractivity contribution is -0.385. The fourth-order valence-electron chi connectivity index (χ4n) is 0.709. The predicted molar refractivity (Wildman–Crippen MR) is 47.5 cm³/mol. The molecule has 7 heteroatoms. The van der Waals surface area contributed by atoms with E-state index in [9.17, 15) is 10.1 Å². The summed E-state index contributed by atoms with van der Waals surface area (Å²) in [5.74, 6) is 0.0669. The minimum atomic E-state index is -0.666.